The summed E-state index contributed by atoms with van der Waals surface area (Å²) in [5.74, 6) is -0.426. The van der Waals surface area contributed by atoms with E-state index >= 15 is 0 Å². The van der Waals surface area contributed by atoms with E-state index < -0.39 is 20.5 Å². The third-order valence-electron chi connectivity index (χ3n) is 4.42. The molecule has 5 heteroatoms. The molecule has 2 aromatic carbocycles. The Bertz CT molecular complexity index is 780. The molecule has 3 rings (SSSR count). The summed E-state index contributed by atoms with van der Waals surface area (Å²) < 4.78 is 24.9. The molecule has 0 spiro atoms. The van der Waals surface area contributed by atoms with Gasteiger partial charge in [-0.3, -0.25) is 4.79 Å². The summed E-state index contributed by atoms with van der Waals surface area (Å²) in [6, 6.07) is 17.2. The SMILES string of the molecule is O=C(Nc1ccccc1)C1(S(=O)(=O)c2ccccc2)CCCC1. The highest BCUT2D eigenvalue weighted by Gasteiger charge is 2.52. The van der Waals surface area contributed by atoms with E-state index in [4.69, 9.17) is 0 Å². The number of para-hydroxylation sites is 1. The molecule has 0 aliphatic heterocycles. The second-order valence-corrected chi connectivity index (χ2v) is 8.10. The van der Waals surface area contributed by atoms with Crippen LogP contribution in [-0.4, -0.2) is 19.1 Å². The number of hydrogen-bond donors (Lipinski definition) is 1. The molecule has 1 aliphatic carbocycles. The second kappa shape index (κ2) is 6.16. The first-order valence-corrected chi connectivity index (χ1v) is 9.21. The van der Waals surface area contributed by atoms with Gasteiger partial charge in [0.15, 0.2) is 14.6 Å². The third kappa shape index (κ3) is 2.77. The maximum atomic E-state index is 13.1. The number of rotatable bonds is 4. The number of sulfone groups is 1. The van der Waals surface area contributed by atoms with Gasteiger partial charge in [-0.05, 0) is 37.1 Å². The Hall–Kier alpha value is -2.14. The van der Waals surface area contributed by atoms with Crippen LogP contribution in [0.5, 0.6) is 0 Å². The average molecular weight is 329 g/mol. The summed E-state index contributed by atoms with van der Waals surface area (Å²) in [6.45, 7) is 0. The monoisotopic (exact) mass is 329 g/mol. The topological polar surface area (TPSA) is 63.2 Å². The Labute approximate surface area is 136 Å². The highest BCUT2D eigenvalue weighted by Crippen LogP contribution is 2.41. The Morgan fingerprint density at radius 1 is 0.870 bits per heavy atom. The smallest absolute Gasteiger partial charge is 0.246 e. The minimum absolute atomic E-state index is 0.213. The maximum Gasteiger partial charge on any atom is 0.246 e. The number of nitrogens with one attached hydrogen (secondary N) is 1. The first-order chi connectivity index (χ1) is 11.1. The van der Waals surface area contributed by atoms with E-state index in [9.17, 15) is 13.2 Å². The van der Waals surface area contributed by atoms with Crippen molar-refractivity contribution in [3.8, 4) is 0 Å². The molecule has 4 nitrogen and oxygen atoms in total. The van der Waals surface area contributed by atoms with E-state index in [2.05, 4.69) is 5.32 Å². The Morgan fingerprint density at radius 2 is 1.39 bits per heavy atom. The summed E-state index contributed by atoms with van der Waals surface area (Å²) in [7, 11) is -3.73. The zero-order chi connectivity index (χ0) is 16.3. The molecule has 0 unspecified atom stereocenters. The lowest BCUT2D eigenvalue weighted by Gasteiger charge is -2.27. The van der Waals surface area contributed by atoms with Crippen LogP contribution in [0, 0.1) is 0 Å². The molecule has 0 aromatic heterocycles. The van der Waals surface area contributed by atoms with Crippen LogP contribution in [-0.2, 0) is 14.6 Å². The quantitative estimate of drug-likeness (QED) is 0.935. The highest BCUT2D eigenvalue weighted by molar-refractivity contribution is 7.93. The predicted octanol–water partition coefficient (Wildman–Crippen LogP) is 3.41. The van der Waals surface area contributed by atoms with Gasteiger partial charge in [-0.2, -0.15) is 0 Å². The number of benzene rings is 2. The summed E-state index contributed by atoms with van der Waals surface area (Å²) >= 11 is 0. The summed E-state index contributed by atoms with van der Waals surface area (Å²) in [5.41, 5.74) is 0.618. The Kier molecular flexibility index (Phi) is 4.22. The molecular formula is C18H19NO3S. The number of hydrogen-bond acceptors (Lipinski definition) is 3. The van der Waals surface area contributed by atoms with Crippen molar-refractivity contribution < 1.29 is 13.2 Å². The van der Waals surface area contributed by atoms with Crippen molar-refractivity contribution >= 4 is 21.4 Å². The lowest BCUT2D eigenvalue weighted by Crippen LogP contribution is -2.47. The minimum atomic E-state index is -3.73. The molecule has 2 aromatic rings. The van der Waals surface area contributed by atoms with Crippen molar-refractivity contribution in [1.82, 2.24) is 0 Å². The molecule has 1 aliphatic rings. The van der Waals surface area contributed by atoms with Gasteiger partial charge in [-0.1, -0.05) is 49.2 Å². The van der Waals surface area contributed by atoms with Crippen LogP contribution in [0.1, 0.15) is 25.7 Å². The zero-order valence-corrected chi connectivity index (χ0v) is 13.6. The standard InChI is InChI=1S/C18H19NO3S/c20-17(19-15-9-3-1-4-10-15)18(13-7-8-14-18)23(21,22)16-11-5-2-6-12-16/h1-6,9-12H,7-8,13-14H2,(H,19,20). The first-order valence-electron chi connectivity index (χ1n) is 7.72. The van der Waals surface area contributed by atoms with Crippen molar-refractivity contribution in [3.05, 3.63) is 60.7 Å². The van der Waals surface area contributed by atoms with E-state index in [1.807, 2.05) is 18.2 Å². The van der Waals surface area contributed by atoms with Crippen molar-refractivity contribution in [3.63, 3.8) is 0 Å². The predicted molar refractivity (Wildman–Crippen MR) is 89.9 cm³/mol. The van der Waals surface area contributed by atoms with E-state index in [0.29, 0.717) is 18.5 Å². The van der Waals surface area contributed by atoms with Crippen molar-refractivity contribution in [2.45, 2.75) is 35.3 Å². The number of anilines is 1. The van der Waals surface area contributed by atoms with E-state index in [1.54, 1.807) is 42.5 Å². The van der Waals surface area contributed by atoms with Gasteiger partial charge in [0.25, 0.3) is 0 Å². The molecule has 1 saturated carbocycles. The molecule has 0 bridgehead atoms. The van der Waals surface area contributed by atoms with Crippen LogP contribution < -0.4 is 5.32 Å². The van der Waals surface area contributed by atoms with Crippen LogP contribution in [0.25, 0.3) is 0 Å². The molecule has 1 amide bonds. The van der Waals surface area contributed by atoms with Crippen molar-refractivity contribution in [1.29, 1.82) is 0 Å². The fourth-order valence-electron chi connectivity index (χ4n) is 3.16. The molecule has 0 saturated heterocycles. The number of carbonyl (C=O) groups excluding carboxylic acids is 1. The molecule has 0 heterocycles. The van der Waals surface area contributed by atoms with Gasteiger partial charge in [0.1, 0.15) is 0 Å². The van der Waals surface area contributed by atoms with Gasteiger partial charge < -0.3 is 5.32 Å². The van der Waals surface area contributed by atoms with Gasteiger partial charge in [-0.25, -0.2) is 8.42 Å². The van der Waals surface area contributed by atoms with Gasteiger partial charge in [-0.15, -0.1) is 0 Å². The van der Waals surface area contributed by atoms with Crippen LogP contribution in [0.4, 0.5) is 5.69 Å². The van der Waals surface area contributed by atoms with Gasteiger partial charge in [0, 0.05) is 5.69 Å². The van der Waals surface area contributed by atoms with E-state index in [1.165, 1.54) is 0 Å². The van der Waals surface area contributed by atoms with Crippen LogP contribution >= 0.6 is 0 Å². The normalized spacial score (nSPS) is 16.9. The van der Waals surface area contributed by atoms with Crippen molar-refractivity contribution in [2.24, 2.45) is 0 Å². The average Bonchev–Trinajstić information content (AvgIpc) is 3.08. The van der Waals surface area contributed by atoms with E-state index in [-0.39, 0.29) is 4.90 Å². The lowest BCUT2D eigenvalue weighted by molar-refractivity contribution is -0.118. The largest absolute Gasteiger partial charge is 0.325 e. The minimum Gasteiger partial charge on any atom is -0.325 e. The van der Waals surface area contributed by atoms with Gasteiger partial charge in [0.05, 0.1) is 4.90 Å². The highest BCUT2D eigenvalue weighted by atomic mass is 32.2. The summed E-state index contributed by atoms with van der Waals surface area (Å²) in [4.78, 5) is 13.1. The number of carbonyl (C=O) groups is 1. The summed E-state index contributed by atoms with van der Waals surface area (Å²) in [5, 5.41) is 2.78. The molecule has 23 heavy (non-hydrogen) atoms. The molecule has 0 radical (unpaired) electrons. The zero-order valence-electron chi connectivity index (χ0n) is 12.7. The van der Waals surface area contributed by atoms with Crippen molar-refractivity contribution in [2.75, 3.05) is 5.32 Å². The Balaban J connectivity index is 1.98. The fraction of sp³-hybridized carbons (Fsp3) is 0.278. The molecule has 1 N–H and O–H groups in total. The second-order valence-electron chi connectivity index (χ2n) is 5.84. The van der Waals surface area contributed by atoms with Crippen LogP contribution in [0.15, 0.2) is 65.6 Å². The fourth-order valence-corrected chi connectivity index (χ4v) is 5.24. The Morgan fingerprint density at radius 3 is 1.96 bits per heavy atom. The van der Waals surface area contributed by atoms with Crippen LogP contribution in [0.3, 0.4) is 0 Å². The lowest BCUT2D eigenvalue weighted by atomic mass is 10.1. The van der Waals surface area contributed by atoms with E-state index in [0.717, 1.165) is 12.8 Å². The first kappa shape index (κ1) is 15.7. The molecule has 1 fully saturated rings. The molecule has 0 atom stereocenters. The molecular weight excluding hydrogens is 310 g/mol. The van der Waals surface area contributed by atoms with Crippen LogP contribution in [0.2, 0.25) is 0 Å². The van der Waals surface area contributed by atoms with Gasteiger partial charge in [0.2, 0.25) is 5.91 Å². The maximum absolute atomic E-state index is 13.1. The van der Waals surface area contributed by atoms with Gasteiger partial charge >= 0.3 is 0 Å². The summed E-state index contributed by atoms with van der Waals surface area (Å²) in [6.07, 6.45) is 2.22. The number of amides is 1. The third-order valence-corrected chi connectivity index (χ3v) is 6.94. The molecule has 120 valence electrons.